The summed E-state index contributed by atoms with van der Waals surface area (Å²) < 4.78 is 0. The van der Waals surface area contributed by atoms with Crippen LogP contribution in [-0.4, -0.2) is 31.6 Å². The fourth-order valence-electron chi connectivity index (χ4n) is 3.97. The van der Waals surface area contributed by atoms with Gasteiger partial charge in [-0.1, -0.05) is 6.08 Å². The first-order valence-corrected chi connectivity index (χ1v) is 7.88. The zero-order chi connectivity index (χ0) is 12.2. The minimum Gasteiger partial charge on any atom is -0.370 e. The Balaban J connectivity index is 1.79. The van der Waals surface area contributed by atoms with E-state index in [2.05, 4.69) is 35.1 Å². The van der Waals surface area contributed by atoms with Gasteiger partial charge in [0.1, 0.15) is 0 Å². The molecule has 0 atom stereocenters. The van der Waals surface area contributed by atoms with Gasteiger partial charge in [0.25, 0.3) is 0 Å². The molecule has 18 heavy (non-hydrogen) atoms. The van der Waals surface area contributed by atoms with Crippen LogP contribution in [0.15, 0.2) is 12.1 Å². The van der Waals surface area contributed by atoms with Crippen LogP contribution in [0.2, 0.25) is 0 Å². The number of anilines is 1. The van der Waals surface area contributed by atoms with Crippen LogP contribution in [0.3, 0.4) is 0 Å². The van der Waals surface area contributed by atoms with Crippen LogP contribution in [0.5, 0.6) is 0 Å². The van der Waals surface area contributed by atoms with E-state index in [1.807, 2.05) is 11.3 Å². The summed E-state index contributed by atoms with van der Waals surface area (Å²) >= 11 is 2.03. The number of thiophene rings is 1. The zero-order valence-corrected chi connectivity index (χ0v) is 11.8. The summed E-state index contributed by atoms with van der Waals surface area (Å²) in [4.78, 5) is 8.21. The Hall–Kier alpha value is -0.800. The summed E-state index contributed by atoms with van der Waals surface area (Å²) in [6, 6.07) is 2.48. The number of nitrogens with zero attached hydrogens (tertiary/aromatic N) is 2. The van der Waals surface area contributed by atoms with E-state index in [9.17, 15) is 0 Å². The van der Waals surface area contributed by atoms with Crippen LogP contribution >= 0.6 is 11.3 Å². The van der Waals surface area contributed by atoms with Crippen molar-refractivity contribution >= 4 is 23.1 Å². The van der Waals surface area contributed by atoms with Crippen LogP contribution < -0.4 is 4.90 Å². The van der Waals surface area contributed by atoms with E-state index < -0.39 is 0 Å². The highest BCUT2D eigenvalue weighted by atomic mass is 32.1. The molecule has 3 aliphatic rings. The van der Waals surface area contributed by atoms with Crippen molar-refractivity contribution in [2.45, 2.75) is 31.2 Å². The molecule has 2 fully saturated rings. The molecule has 96 valence electrons. The Morgan fingerprint density at radius 1 is 1.22 bits per heavy atom. The van der Waals surface area contributed by atoms with Gasteiger partial charge in [0.15, 0.2) is 0 Å². The minimum atomic E-state index is 0.413. The third kappa shape index (κ3) is 1.38. The average Bonchev–Trinajstić information content (AvgIpc) is 3.01. The molecule has 2 nitrogen and oxygen atoms in total. The number of fused-ring (bicyclic) bond motifs is 2. The number of hydrogen-bond donors (Lipinski definition) is 0. The smallest absolute Gasteiger partial charge is 0.0555 e. The second-order valence-corrected chi connectivity index (χ2v) is 6.95. The van der Waals surface area contributed by atoms with Crippen molar-refractivity contribution in [3.8, 4) is 0 Å². The average molecular weight is 260 g/mol. The lowest BCUT2D eigenvalue weighted by Gasteiger charge is -2.31. The maximum absolute atomic E-state index is 2.74. The summed E-state index contributed by atoms with van der Waals surface area (Å²) in [5.41, 5.74) is 1.86. The monoisotopic (exact) mass is 260 g/mol. The summed E-state index contributed by atoms with van der Waals surface area (Å²) in [6.45, 7) is 3.68. The summed E-state index contributed by atoms with van der Waals surface area (Å²) in [5.74, 6) is 0. The van der Waals surface area contributed by atoms with E-state index in [-0.39, 0.29) is 0 Å². The van der Waals surface area contributed by atoms with Crippen molar-refractivity contribution in [1.82, 2.24) is 4.90 Å². The molecule has 0 amide bonds. The molecule has 0 radical (unpaired) electrons. The molecule has 4 heterocycles. The zero-order valence-electron chi connectivity index (χ0n) is 11.0. The lowest BCUT2D eigenvalue weighted by molar-refractivity contribution is 0.202. The molecule has 4 rings (SSSR count). The van der Waals surface area contributed by atoms with E-state index in [0.717, 1.165) is 6.54 Å². The molecule has 1 aromatic rings. The van der Waals surface area contributed by atoms with Gasteiger partial charge in [-0.15, -0.1) is 11.3 Å². The van der Waals surface area contributed by atoms with E-state index in [1.165, 1.54) is 49.3 Å². The molecule has 2 saturated heterocycles. The first kappa shape index (κ1) is 11.1. The van der Waals surface area contributed by atoms with Crippen LogP contribution in [-0.2, 0) is 5.54 Å². The van der Waals surface area contributed by atoms with Crippen LogP contribution in [0.25, 0.3) is 6.08 Å². The number of likely N-dealkylation sites (N-methyl/N-ethyl adjacent to an activating group) is 1. The standard InChI is InChI=1S/C15H20N2S/c1-16-8-2-5-13-12(16)11-14(18-13)15-6-3-9-17(15)10-4-7-15/h2,5,11H,3-4,6-10H2,1H3. The van der Waals surface area contributed by atoms with Crippen molar-refractivity contribution in [3.05, 3.63) is 21.9 Å². The maximum atomic E-state index is 2.74. The second-order valence-electron chi connectivity index (χ2n) is 5.87. The maximum Gasteiger partial charge on any atom is 0.0555 e. The minimum absolute atomic E-state index is 0.413. The van der Waals surface area contributed by atoms with E-state index in [1.54, 1.807) is 4.88 Å². The lowest BCUT2D eigenvalue weighted by Crippen LogP contribution is -2.34. The third-order valence-electron chi connectivity index (χ3n) is 4.90. The Morgan fingerprint density at radius 2 is 2.00 bits per heavy atom. The van der Waals surface area contributed by atoms with Crippen LogP contribution in [0.4, 0.5) is 5.69 Å². The van der Waals surface area contributed by atoms with Gasteiger partial charge >= 0.3 is 0 Å². The second kappa shape index (κ2) is 3.84. The van der Waals surface area contributed by atoms with E-state index in [0.29, 0.717) is 5.54 Å². The predicted molar refractivity (Wildman–Crippen MR) is 78.3 cm³/mol. The fraction of sp³-hybridized carbons (Fsp3) is 0.600. The third-order valence-corrected chi connectivity index (χ3v) is 6.18. The quantitative estimate of drug-likeness (QED) is 0.764. The Labute approximate surface area is 113 Å². The highest BCUT2D eigenvalue weighted by Gasteiger charge is 2.46. The van der Waals surface area contributed by atoms with Crippen molar-refractivity contribution in [2.24, 2.45) is 0 Å². The molecule has 1 aromatic heterocycles. The van der Waals surface area contributed by atoms with Crippen LogP contribution in [0, 0.1) is 0 Å². The largest absolute Gasteiger partial charge is 0.370 e. The Morgan fingerprint density at radius 3 is 2.72 bits per heavy atom. The molecule has 3 aliphatic heterocycles. The fourth-order valence-corrected chi connectivity index (χ4v) is 5.38. The molecular formula is C15H20N2S. The molecule has 0 bridgehead atoms. The topological polar surface area (TPSA) is 6.48 Å². The Bertz CT molecular complexity index is 493. The van der Waals surface area contributed by atoms with Crippen molar-refractivity contribution in [3.63, 3.8) is 0 Å². The first-order valence-electron chi connectivity index (χ1n) is 7.07. The van der Waals surface area contributed by atoms with Gasteiger partial charge in [-0.3, -0.25) is 4.90 Å². The highest BCUT2D eigenvalue weighted by molar-refractivity contribution is 7.13. The molecular weight excluding hydrogens is 240 g/mol. The summed E-state index contributed by atoms with van der Waals surface area (Å²) in [7, 11) is 2.21. The lowest BCUT2D eigenvalue weighted by atomic mass is 9.92. The van der Waals surface area contributed by atoms with Gasteiger partial charge in [-0.2, -0.15) is 0 Å². The predicted octanol–water partition coefficient (Wildman–Crippen LogP) is 3.30. The van der Waals surface area contributed by atoms with Gasteiger partial charge in [0, 0.05) is 18.5 Å². The molecule has 0 spiro atoms. The van der Waals surface area contributed by atoms with E-state index in [4.69, 9.17) is 0 Å². The Kier molecular flexibility index (Phi) is 2.36. The summed E-state index contributed by atoms with van der Waals surface area (Å²) in [6.07, 6.45) is 10.1. The van der Waals surface area contributed by atoms with Gasteiger partial charge in [0.2, 0.25) is 0 Å². The van der Waals surface area contributed by atoms with Crippen LogP contribution in [0.1, 0.15) is 35.4 Å². The first-order chi connectivity index (χ1) is 8.79. The summed E-state index contributed by atoms with van der Waals surface area (Å²) in [5, 5.41) is 0. The SMILES string of the molecule is CN1CC=Cc2sc(C34CCCN3CCC4)cc21. The van der Waals surface area contributed by atoms with Crippen molar-refractivity contribution in [1.29, 1.82) is 0 Å². The van der Waals surface area contributed by atoms with Crippen molar-refractivity contribution in [2.75, 3.05) is 31.6 Å². The normalized spacial score (nSPS) is 25.5. The van der Waals surface area contributed by atoms with Gasteiger partial charge in [-0.25, -0.2) is 0 Å². The van der Waals surface area contributed by atoms with Gasteiger partial charge in [0.05, 0.1) is 16.1 Å². The van der Waals surface area contributed by atoms with E-state index >= 15 is 0 Å². The number of rotatable bonds is 1. The highest BCUT2D eigenvalue weighted by Crippen LogP contribution is 2.51. The molecule has 0 saturated carbocycles. The van der Waals surface area contributed by atoms with Gasteiger partial charge < -0.3 is 4.90 Å². The van der Waals surface area contributed by atoms with Gasteiger partial charge in [-0.05, 0) is 50.9 Å². The van der Waals surface area contributed by atoms with Crippen molar-refractivity contribution < 1.29 is 0 Å². The molecule has 3 heteroatoms. The molecule has 0 aliphatic carbocycles. The molecule has 0 N–H and O–H groups in total. The molecule has 0 aromatic carbocycles. The molecule has 0 unspecified atom stereocenters. The number of hydrogen-bond acceptors (Lipinski definition) is 3.